The number of nitrogens with zero attached hydrogens (tertiary/aromatic N) is 1. The Morgan fingerprint density at radius 1 is 1.27 bits per heavy atom. The number of carbonyl (C=O) groups excluding carboxylic acids is 3. The Labute approximate surface area is 154 Å². The van der Waals surface area contributed by atoms with Gasteiger partial charge in [-0.05, 0) is 35.6 Å². The molecule has 1 aromatic heterocycles. The van der Waals surface area contributed by atoms with Gasteiger partial charge in [-0.15, -0.1) is 11.3 Å². The van der Waals surface area contributed by atoms with Crippen molar-refractivity contribution in [2.75, 3.05) is 6.54 Å². The zero-order chi connectivity index (χ0) is 18.7. The van der Waals surface area contributed by atoms with Crippen LogP contribution < -0.4 is 10.6 Å². The number of thiophene rings is 1. The number of benzene rings is 1. The second kappa shape index (κ2) is 7.25. The molecule has 2 N–H and O–H groups in total. The lowest BCUT2D eigenvalue weighted by Gasteiger charge is -2.25. The van der Waals surface area contributed by atoms with Gasteiger partial charge in [0.15, 0.2) is 0 Å². The van der Waals surface area contributed by atoms with E-state index in [-0.39, 0.29) is 13.0 Å². The van der Waals surface area contributed by atoms with Crippen molar-refractivity contribution in [3.8, 4) is 0 Å². The summed E-state index contributed by atoms with van der Waals surface area (Å²) in [7, 11) is 0. The van der Waals surface area contributed by atoms with Gasteiger partial charge >= 0.3 is 6.03 Å². The molecule has 1 atom stereocenters. The Kier molecular flexibility index (Phi) is 5.03. The number of halogens is 1. The van der Waals surface area contributed by atoms with Crippen LogP contribution in [-0.2, 0) is 21.7 Å². The lowest BCUT2D eigenvalue weighted by atomic mass is 9.87. The maximum absolute atomic E-state index is 13.2. The zero-order valence-electron chi connectivity index (χ0n) is 14.1. The van der Waals surface area contributed by atoms with Crippen LogP contribution in [0.25, 0.3) is 0 Å². The van der Waals surface area contributed by atoms with Gasteiger partial charge in [-0.1, -0.05) is 25.1 Å². The van der Waals surface area contributed by atoms with Crippen LogP contribution in [0.15, 0.2) is 41.8 Å². The lowest BCUT2D eigenvalue weighted by Crippen LogP contribution is -2.44. The highest BCUT2D eigenvalue weighted by molar-refractivity contribution is 7.09. The maximum atomic E-state index is 13.2. The third kappa shape index (κ3) is 3.32. The summed E-state index contributed by atoms with van der Waals surface area (Å²) in [5.41, 5.74) is -0.792. The molecule has 2 heterocycles. The molecular weight excluding hydrogens is 357 g/mol. The predicted octanol–water partition coefficient (Wildman–Crippen LogP) is 2.36. The number of amides is 4. The molecule has 1 aliphatic rings. The Hall–Kier alpha value is -2.74. The summed E-state index contributed by atoms with van der Waals surface area (Å²) in [6.07, 6.45) is 0.288. The van der Waals surface area contributed by atoms with E-state index in [4.69, 9.17) is 0 Å². The summed E-state index contributed by atoms with van der Waals surface area (Å²) in [6.45, 7) is 1.73. The fourth-order valence-corrected chi connectivity index (χ4v) is 3.59. The van der Waals surface area contributed by atoms with E-state index >= 15 is 0 Å². The van der Waals surface area contributed by atoms with Crippen LogP contribution >= 0.6 is 11.3 Å². The molecule has 26 heavy (non-hydrogen) atoms. The maximum Gasteiger partial charge on any atom is 0.325 e. The molecule has 0 bridgehead atoms. The van der Waals surface area contributed by atoms with Gasteiger partial charge in [-0.3, -0.25) is 14.5 Å². The van der Waals surface area contributed by atoms with Gasteiger partial charge in [0, 0.05) is 4.88 Å². The van der Waals surface area contributed by atoms with E-state index in [1.54, 1.807) is 6.92 Å². The Bertz CT molecular complexity index is 823. The number of imide groups is 1. The van der Waals surface area contributed by atoms with Gasteiger partial charge in [0.25, 0.3) is 5.91 Å². The standard InChI is InChI=1S/C18H18FN3O3S/c1-2-18(12-5-7-13(19)8-6-12)16(24)22(17(25)21-18)11-15(23)20-10-14-4-3-9-26-14/h3-9H,2,10-11H2,1H3,(H,20,23)(H,21,25). The average molecular weight is 375 g/mol. The molecule has 8 heteroatoms. The third-order valence-electron chi connectivity index (χ3n) is 4.38. The molecule has 0 spiro atoms. The quantitative estimate of drug-likeness (QED) is 0.761. The summed E-state index contributed by atoms with van der Waals surface area (Å²) in [5.74, 6) is -1.36. The largest absolute Gasteiger partial charge is 0.350 e. The first-order chi connectivity index (χ1) is 12.5. The van der Waals surface area contributed by atoms with Crippen LogP contribution in [0.5, 0.6) is 0 Å². The van der Waals surface area contributed by atoms with Gasteiger partial charge in [0.1, 0.15) is 17.9 Å². The Morgan fingerprint density at radius 3 is 2.62 bits per heavy atom. The summed E-state index contributed by atoms with van der Waals surface area (Å²) in [6, 6.07) is 8.55. The zero-order valence-corrected chi connectivity index (χ0v) is 14.9. The molecule has 136 valence electrons. The van der Waals surface area contributed by atoms with Gasteiger partial charge in [0.2, 0.25) is 5.91 Å². The first-order valence-corrected chi connectivity index (χ1v) is 9.03. The molecule has 2 aromatic rings. The molecular formula is C18H18FN3O3S. The minimum absolute atomic E-state index is 0.288. The number of hydrogen-bond acceptors (Lipinski definition) is 4. The summed E-state index contributed by atoms with van der Waals surface area (Å²) in [5, 5.41) is 7.26. The van der Waals surface area contributed by atoms with Crippen molar-refractivity contribution in [3.05, 3.63) is 58.0 Å². The lowest BCUT2D eigenvalue weighted by molar-refractivity contribution is -0.135. The van der Waals surface area contributed by atoms with Gasteiger partial charge in [0.05, 0.1) is 6.54 Å². The summed E-state index contributed by atoms with van der Waals surface area (Å²) >= 11 is 1.51. The summed E-state index contributed by atoms with van der Waals surface area (Å²) < 4.78 is 13.2. The Balaban J connectivity index is 1.73. The minimum atomic E-state index is -1.28. The van der Waals surface area contributed by atoms with Crippen molar-refractivity contribution in [2.24, 2.45) is 0 Å². The SMILES string of the molecule is CCC1(c2ccc(F)cc2)NC(=O)N(CC(=O)NCc2cccs2)C1=O. The number of hydrogen-bond donors (Lipinski definition) is 2. The monoisotopic (exact) mass is 375 g/mol. The molecule has 0 aliphatic carbocycles. The number of urea groups is 1. The molecule has 0 radical (unpaired) electrons. The van der Waals surface area contributed by atoms with Crippen LogP contribution in [0.1, 0.15) is 23.8 Å². The second-order valence-electron chi connectivity index (χ2n) is 5.94. The topological polar surface area (TPSA) is 78.5 Å². The Morgan fingerprint density at radius 2 is 2.00 bits per heavy atom. The molecule has 6 nitrogen and oxygen atoms in total. The van der Waals surface area contributed by atoms with E-state index in [2.05, 4.69) is 10.6 Å². The van der Waals surface area contributed by atoms with Crippen molar-refractivity contribution in [1.82, 2.24) is 15.5 Å². The van der Waals surface area contributed by atoms with Crippen LogP contribution in [0.4, 0.5) is 9.18 Å². The van der Waals surface area contributed by atoms with E-state index in [0.29, 0.717) is 12.1 Å². The van der Waals surface area contributed by atoms with Crippen LogP contribution in [0, 0.1) is 5.82 Å². The first-order valence-electron chi connectivity index (χ1n) is 8.15. The minimum Gasteiger partial charge on any atom is -0.350 e. The van der Waals surface area contributed by atoms with Crippen molar-refractivity contribution < 1.29 is 18.8 Å². The number of rotatable bonds is 6. The smallest absolute Gasteiger partial charge is 0.325 e. The summed E-state index contributed by atoms with van der Waals surface area (Å²) in [4.78, 5) is 39.2. The number of carbonyl (C=O) groups is 3. The molecule has 1 unspecified atom stereocenters. The van der Waals surface area contributed by atoms with E-state index in [1.807, 2.05) is 17.5 Å². The normalized spacial score (nSPS) is 19.5. The second-order valence-corrected chi connectivity index (χ2v) is 6.98. The molecule has 1 aromatic carbocycles. The average Bonchev–Trinajstić information content (AvgIpc) is 3.23. The van der Waals surface area contributed by atoms with E-state index in [9.17, 15) is 18.8 Å². The highest BCUT2D eigenvalue weighted by atomic mass is 32.1. The first kappa shape index (κ1) is 18.1. The third-order valence-corrected chi connectivity index (χ3v) is 5.26. The molecule has 1 saturated heterocycles. The van der Waals surface area contributed by atoms with Crippen molar-refractivity contribution in [3.63, 3.8) is 0 Å². The van der Waals surface area contributed by atoms with Crippen LogP contribution in [0.3, 0.4) is 0 Å². The predicted molar refractivity (Wildman–Crippen MR) is 94.8 cm³/mol. The number of nitrogens with one attached hydrogen (secondary N) is 2. The van der Waals surface area contributed by atoms with Crippen molar-refractivity contribution >= 4 is 29.2 Å². The van der Waals surface area contributed by atoms with E-state index < -0.39 is 29.2 Å². The van der Waals surface area contributed by atoms with Crippen LogP contribution in [0.2, 0.25) is 0 Å². The fourth-order valence-electron chi connectivity index (χ4n) is 2.94. The molecule has 1 aliphatic heterocycles. The van der Waals surface area contributed by atoms with Gasteiger partial charge in [-0.2, -0.15) is 0 Å². The fraction of sp³-hybridized carbons (Fsp3) is 0.278. The molecule has 0 saturated carbocycles. The van der Waals surface area contributed by atoms with Crippen molar-refractivity contribution in [2.45, 2.75) is 25.4 Å². The molecule has 4 amide bonds. The van der Waals surface area contributed by atoms with E-state index in [0.717, 1.165) is 9.78 Å². The molecule has 1 fully saturated rings. The van der Waals surface area contributed by atoms with Gasteiger partial charge < -0.3 is 10.6 Å². The van der Waals surface area contributed by atoms with Crippen LogP contribution in [-0.4, -0.2) is 29.3 Å². The highest BCUT2D eigenvalue weighted by Gasteiger charge is 2.51. The highest BCUT2D eigenvalue weighted by Crippen LogP contribution is 2.32. The van der Waals surface area contributed by atoms with Gasteiger partial charge in [-0.25, -0.2) is 9.18 Å². The molecule has 3 rings (SSSR count). The van der Waals surface area contributed by atoms with E-state index in [1.165, 1.54) is 35.6 Å². The van der Waals surface area contributed by atoms with Crippen molar-refractivity contribution in [1.29, 1.82) is 0 Å².